The first-order chi connectivity index (χ1) is 9.34. The van der Waals surface area contributed by atoms with Crippen LogP contribution in [0.15, 0.2) is 24.3 Å². The highest BCUT2D eigenvalue weighted by Crippen LogP contribution is 2.31. The third-order valence-corrected chi connectivity index (χ3v) is 5.71. The lowest BCUT2D eigenvalue weighted by atomic mass is 10.0. The molecule has 0 aliphatic carbocycles. The van der Waals surface area contributed by atoms with E-state index in [1.165, 1.54) is 30.0 Å². The van der Waals surface area contributed by atoms with Gasteiger partial charge in [-0.2, -0.15) is 11.8 Å². The largest absolute Gasteiger partial charge is 0.314 e. The summed E-state index contributed by atoms with van der Waals surface area (Å²) < 4.78 is 0. The van der Waals surface area contributed by atoms with Crippen molar-refractivity contribution in [2.45, 2.75) is 12.5 Å². The Morgan fingerprint density at radius 2 is 2.26 bits per heavy atom. The van der Waals surface area contributed by atoms with E-state index in [1.54, 1.807) is 0 Å². The van der Waals surface area contributed by atoms with Crippen LogP contribution >= 0.6 is 23.4 Å². The molecule has 3 rings (SSSR count). The molecule has 0 aromatic heterocycles. The second-order valence-corrected chi connectivity index (χ2v) is 7.02. The van der Waals surface area contributed by atoms with Gasteiger partial charge in [0.05, 0.1) is 0 Å². The fourth-order valence-corrected chi connectivity index (χ4v) is 4.61. The van der Waals surface area contributed by atoms with Gasteiger partial charge in [0.1, 0.15) is 0 Å². The summed E-state index contributed by atoms with van der Waals surface area (Å²) in [6.07, 6.45) is 1.38. The van der Waals surface area contributed by atoms with E-state index in [2.05, 4.69) is 34.1 Å². The summed E-state index contributed by atoms with van der Waals surface area (Å²) in [6.45, 7) is 4.48. The number of hydrogen-bond acceptors (Lipinski definition) is 3. The second-order valence-electron chi connectivity index (χ2n) is 5.47. The minimum Gasteiger partial charge on any atom is -0.314 e. The van der Waals surface area contributed by atoms with E-state index >= 15 is 0 Å². The molecule has 2 aliphatic rings. The van der Waals surface area contributed by atoms with Crippen molar-refractivity contribution in [2.75, 3.05) is 37.7 Å². The second kappa shape index (κ2) is 6.49. The average Bonchev–Trinajstić information content (AvgIpc) is 2.93. The normalized spacial score (nSPS) is 28.7. The van der Waals surface area contributed by atoms with Gasteiger partial charge < -0.3 is 5.32 Å². The van der Waals surface area contributed by atoms with Gasteiger partial charge in [-0.25, -0.2) is 0 Å². The summed E-state index contributed by atoms with van der Waals surface area (Å²) >= 11 is 8.48. The number of rotatable bonds is 3. The Labute approximate surface area is 124 Å². The Morgan fingerprint density at radius 3 is 3.05 bits per heavy atom. The van der Waals surface area contributed by atoms with Crippen LogP contribution in [-0.2, 0) is 0 Å². The van der Waals surface area contributed by atoms with Crippen LogP contribution in [0, 0.1) is 5.92 Å². The third kappa shape index (κ3) is 3.27. The molecule has 19 heavy (non-hydrogen) atoms. The molecule has 0 saturated carbocycles. The van der Waals surface area contributed by atoms with Crippen molar-refractivity contribution in [3.63, 3.8) is 0 Å². The van der Waals surface area contributed by atoms with Crippen LogP contribution in [0.5, 0.6) is 0 Å². The number of nitrogens with zero attached hydrogens (tertiary/aromatic N) is 1. The smallest absolute Gasteiger partial charge is 0.0488 e. The van der Waals surface area contributed by atoms with E-state index < -0.39 is 0 Å². The van der Waals surface area contributed by atoms with Crippen molar-refractivity contribution >= 4 is 23.4 Å². The summed E-state index contributed by atoms with van der Waals surface area (Å²) in [5, 5.41) is 4.41. The summed E-state index contributed by atoms with van der Waals surface area (Å²) in [5.74, 6) is 3.54. The first-order valence-corrected chi connectivity index (χ1v) is 8.65. The molecule has 104 valence electrons. The van der Waals surface area contributed by atoms with E-state index in [0.29, 0.717) is 6.04 Å². The topological polar surface area (TPSA) is 15.3 Å². The van der Waals surface area contributed by atoms with Crippen LogP contribution in [0.1, 0.15) is 18.0 Å². The molecule has 2 unspecified atom stereocenters. The van der Waals surface area contributed by atoms with E-state index in [-0.39, 0.29) is 0 Å². The Hall–Kier alpha value is -0.220. The van der Waals surface area contributed by atoms with Gasteiger partial charge in [-0.15, -0.1) is 0 Å². The monoisotopic (exact) mass is 296 g/mol. The van der Waals surface area contributed by atoms with Gasteiger partial charge in [-0.3, -0.25) is 4.90 Å². The lowest BCUT2D eigenvalue weighted by Gasteiger charge is -2.38. The highest BCUT2D eigenvalue weighted by molar-refractivity contribution is 7.99. The minimum absolute atomic E-state index is 0.438. The fourth-order valence-electron chi connectivity index (χ4n) is 3.08. The molecule has 2 heterocycles. The van der Waals surface area contributed by atoms with Crippen molar-refractivity contribution in [3.05, 3.63) is 34.9 Å². The lowest BCUT2D eigenvalue weighted by molar-refractivity contribution is 0.142. The zero-order chi connectivity index (χ0) is 13.1. The summed E-state index contributed by atoms with van der Waals surface area (Å²) in [6, 6.07) is 8.73. The van der Waals surface area contributed by atoms with Gasteiger partial charge in [-0.05, 0) is 35.5 Å². The van der Waals surface area contributed by atoms with Crippen LogP contribution in [0.4, 0.5) is 0 Å². The zero-order valence-corrected chi connectivity index (χ0v) is 12.7. The molecule has 2 nitrogen and oxygen atoms in total. The number of piperazine rings is 1. The third-order valence-electron chi connectivity index (χ3n) is 4.14. The standard InChI is InChI=1S/C15H21ClN2S/c16-14-4-2-1-3-13(14)15-9-17-6-7-18(15)10-12-5-8-19-11-12/h1-4,12,15,17H,5-11H2. The highest BCUT2D eigenvalue weighted by Gasteiger charge is 2.28. The molecule has 0 radical (unpaired) electrons. The lowest BCUT2D eigenvalue weighted by Crippen LogP contribution is -2.47. The van der Waals surface area contributed by atoms with Gasteiger partial charge in [0.15, 0.2) is 0 Å². The Bertz CT molecular complexity index is 420. The molecule has 1 aromatic rings. The van der Waals surface area contributed by atoms with Crippen LogP contribution in [0.25, 0.3) is 0 Å². The Kier molecular flexibility index (Phi) is 4.69. The molecule has 1 N–H and O–H groups in total. The average molecular weight is 297 g/mol. The van der Waals surface area contributed by atoms with E-state index in [1.807, 2.05) is 12.1 Å². The molecule has 0 amide bonds. The molecule has 1 aromatic carbocycles. The minimum atomic E-state index is 0.438. The van der Waals surface area contributed by atoms with E-state index in [0.717, 1.165) is 30.6 Å². The summed E-state index contributed by atoms with van der Waals surface area (Å²) in [4.78, 5) is 2.63. The van der Waals surface area contributed by atoms with Crippen molar-refractivity contribution in [1.82, 2.24) is 10.2 Å². The maximum Gasteiger partial charge on any atom is 0.0488 e. The molecule has 2 atom stereocenters. The van der Waals surface area contributed by atoms with Gasteiger partial charge in [-0.1, -0.05) is 29.8 Å². The zero-order valence-electron chi connectivity index (χ0n) is 11.1. The predicted molar refractivity (Wildman–Crippen MR) is 84.1 cm³/mol. The molecule has 2 aliphatic heterocycles. The van der Waals surface area contributed by atoms with E-state index in [4.69, 9.17) is 11.6 Å². The number of benzene rings is 1. The quantitative estimate of drug-likeness (QED) is 0.923. The Morgan fingerprint density at radius 1 is 1.37 bits per heavy atom. The van der Waals surface area contributed by atoms with Gasteiger partial charge >= 0.3 is 0 Å². The maximum absolute atomic E-state index is 6.38. The van der Waals surface area contributed by atoms with E-state index in [9.17, 15) is 0 Å². The van der Waals surface area contributed by atoms with Crippen molar-refractivity contribution < 1.29 is 0 Å². The molecular formula is C15H21ClN2S. The number of nitrogens with one attached hydrogen (secondary N) is 1. The molecule has 4 heteroatoms. The first-order valence-electron chi connectivity index (χ1n) is 7.11. The molecule has 0 spiro atoms. The molecule has 2 saturated heterocycles. The molecule has 0 bridgehead atoms. The van der Waals surface area contributed by atoms with Crippen LogP contribution in [0.2, 0.25) is 5.02 Å². The number of thioether (sulfide) groups is 1. The first kappa shape index (κ1) is 13.7. The summed E-state index contributed by atoms with van der Waals surface area (Å²) in [5.41, 5.74) is 1.28. The highest BCUT2D eigenvalue weighted by atomic mass is 35.5. The van der Waals surface area contributed by atoms with Crippen molar-refractivity contribution in [3.8, 4) is 0 Å². The van der Waals surface area contributed by atoms with Gasteiger partial charge in [0.25, 0.3) is 0 Å². The van der Waals surface area contributed by atoms with Gasteiger partial charge in [0, 0.05) is 37.2 Å². The molecule has 2 fully saturated rings. The van der Waals surface area contributed by atoms with Crippen LogP contribution in [-0.4, -0.2) is 42.6 Å². The summed E-state index contributed by atoms with van der Waals surface area (Å²) in [7, 11) is 0. The SMILES string of the molecule is Clc1ccccc1C1CNCCN1CC1CCSC1. The van der Waals surface area contributed by atoms with Crippen LogP contribution in [0.3, 0.4) is 0 Å². The Balaban J connectivity index is 1.75. The number of hydrogen-bond donors (Lipinski definition) is 1. The maximum atomic E-state index is 6.38. The van der Waals surface area contributed by atoms with Crippen molar-refractivity contribution in [2.24, 2.45) is 5.92 Å². The fraction of sp³-hybridized carbons (Fsp3) is 0.600. The number of halogens is 1. The molecular weight excluding hydrogens is 276 g/mol. The predicted octanol–water partition coefficient (Wildman–Crippen LogP) is 3.04. The van der Waals surface area contributed by atoms with Crippen molar-refractivity contribution in [1.29, 1.82) is 0 Å². The van der Waals surface area contributed by atoms with Crippen LogP contribution < -0.4 is 5.32 Å². The van der Waals surface area contributed by atoms with Gasteiger partial charge in [0.2, 0.25) is 0 Å².